The Morgan fingerprint density at radius 2 is 2.00 bits per heavy atom. The van der Waals surface area contributed by atoms with E-state index in [-0.39, 0.29) is 5.97 Å². The largest absolute Gasteiger partial charge is 0.456 e. The Labute approximate surface area is 116 Å². The van der Waals surface area contributed by atoms with Crippen LogP contribution in [0.1, 0.15) is 42.3 Å². The summed E-state index contributed by atoms with van der Waals surface area (Å²) in [6, 6.07) is 3.58. The van der Waals surface area contributed by atoms with E-state index in [0.717, 1.165) is 9.13 Å². The topological polar surface area (TPSA) is 26.3 Å². The molecule has 0 fully saturated rings. The van der Waals surface area contributed by atoms with E-state index in [4.69, 9.17) is 11.2 Å². The zero-order chi connectivity index (χ0) is 13.2. The molecule has 0 aliphatic heterocycles. The number of benzene rings is 1. The van der Waals surface area contributed by atoms with E-state index in [1.54, 1.807) is 6.07 Å². The highest BCUT2D eigenvalue weighted by Gasteiger charge is 2.20. The maximum atomic E-state index is 12.0. The van der Waals surface area contributed by atoms with Gasteiger partial charge in [0.1, 0.15) is 5.60 Å². The van der Waals surface area contributed by atoms with Gasteiger partial charge in [0.2, 0.25) is 0 Å². The molecule has 0 saturated heterocycles. The van der Waals surface area contributed by atoms with Crippen LogP contribution in [0.5, 0.6) is 0 Å². The molecule has 0 aromatic heterocycles. The van der Waals surface area contributed by atoms with Gasteiger partial charge in [-0.1, -0.05) is 5.92 Å². The lowest BCUT2D eigenvalue weighted by molar-refractivity contribution is 0.00686. The highest BCUT2D eigenvalue weighted by Crippen LogP contribution is 2.21. The Morgan fingerprint density at radius 1 is 1.41 bits per heavy atom. The van der Waals surface area contributed by atoms with Crippen LogP contribution >= 0.6 is 22.6 Å². The van der Waals surface area contributed by atoms with Crippen LogP contribution in [0.2, 0.25) is 0 Å². The highest BCUT2D eigenvalue weighted by atomic mass is 127. The van der Waals surface area contributed by atoms with Crippen LogP contribution in [0.25, 0.3) is 0 Å². The first-order chi connectivity index (χ1) is 7.74. The summed E-state index contributed by atoms with van der Waals surface area (Å²) in [6.07, 6.45) is 5.36. The van der Waals surface area contributed by atoms with Crippen molar-refractivity contribution in [2.24, 2.45) is 0 Å². The maximum Gasteiger partial charge on any atom is 0.338 e. The lowest BCUT2D eigenvalue weighted by Gasteiger charge is -2.20. The molecule has 0 aliphatic carbocycles. The second kappa shape index (κ2) is 5.09. The van der Waals surface area contributed by atoms with Crippen molar-refractivity contribution in [1.82, 2.24) is 0 Å². The summed E-state index contributed by atoms with van der Waals surface area (Å²) in [7, 11) is 0. The summed E-state index contributed by atoms with van der Waals surface area (Å²) in [6.45, 7) is 7.42. The SMILES string of the molecule is C#Cc1cc(I)c(C)c(C(=O)OC(C)(C)C)c1. The van der Waals surface area contributed by atoms with E-state index >= 15 is 0 Å². The number of rotatable bonds is 1. The van der Waals surface area contributed by atoms with E-state index in [9.17, 15) is 4.79 Å². The van der Waals surface area contributed by atoms with E-state index in [1.165, 1.54) is 0 Å². The van der Waals surface area contributed by atoms with E-state index in [2.05, 4.69) is 28.5 Å². The Bertz CT molecular complexity index is 490. The van der Waals surface area contributed by atoms with Crippen molar-refractivity contribution >= 4 is 28.6 Å². The number of ether oxygens (including phenoxy) is 1. The number of hydrogen-bond acceptors (Lipinski definition) is 2. The van der Waals surface area contributed by atoms with Crippen LogP contribution in [0.15, 0.2) is 12.1 Å². The molecule has 1 rings (SSSR count). The van der Waals surface area contributed by atoms with Gasteiger partial charge in [-0.2, -0.15) is 0 Å². The molecule has 0 atom stereocenters. The molecule has 0 unspecified atom stereocenters. The van der Waals surface area contributed by atoms with Gasteiger partial charge in [-0.25, -0.2) is 4.79 Å². The highest BCUT2D eigenvalue weighted by molar-refractivity contribution is 14.1. The fourth-order valence-electron chi connectivity index (χ4n) is 1.31. The van der Waals surface area contributed by atoms with E-state index in [1.807, 2.05) is 33.8 Å². The van der Waals surface area contributed by atoms with Crippen molar-refractivity contribution in [2.45, 2.75) is 33.3 Å². The molecule has 0 radical (unpaired) electrons. The van der Waals surface area contributed by atoms with Crippen molar-refractivity contribution in [2.75, 3.05) is 0 Å². The lowest BCUT2D eigenvalue weighted by atomic mass is 10.0. The molecule has 0 saturated carbocycles. The average Bonchev–Trinajstić information content (AvgIpc) is 2.19. The van der Waals surface area contributed by atoms with Gasteiger partial charge >= 0.3 is 5.97 Å². The molecule has 0 heterocycles. The van der Waals surface area contributed by atoms with Gasteiger partial charge < -0.3 is 4.74 Å². The summed E-state index contributed by atoms with van der Waals surface area (Å²) < 4.78 is 6.32. The van der Waals surface area contributed by atoms with Gasteiger partial charge in [-0.3, -0.25) is 0 Å². The second-order valence-electron chi connectivity index (χ2n) is 4.78. The first kappa shape index (κ1) is 14.0. The van der Waals surface area contributed by atoms with Crippen molar-refractivity contribution in [3.63, 3.8) is 0 Å². The van der Waals surface area contributed by atoms with Crippen LogP contribution < -0.4 is 0 Å². The molecule has 2 nitrogen and oxygen atoms in total. The minimum absolute atomic E-state index is 0.329. The number of esters is 1. The standard InChI is InChI=1S/C14H15IO2/c1-6-10-7-11(9(2)12(15)8-10)13(16)17-14(3,4)5/h1,7-8H,2-5H3. The minimum Gasteiger partial charge on any atom is -0.456 e. The number of carbonyl (C=O) groups is 1. The summed E-state index contributed by atoms with van der Waals surface area (Å²) in [5.41, 5.74) is 1.64. The molecule has 1 aromatic rings. The molecule has 3 heteroatoms. The van der Waals surface area contributed by atoms with E-state index in [0.29, 0.717) is 11.1 Å². The molecule has 0 bridgehead atoms. The second-order valence-corrected chi connectivity index (χ2v) is 5.94. The van der Waals surface area contributed by atoms with Gasteiger partial charge in [0, 0.05) is 9.13 Å². The predicted molar refractivity (Wildman–Crippen MR) is 77.0 cm³/mol. The molecule has 90 valence electrons. The summed E-state index contributed by atoms with van der Waals surface area (Å²) >= 11 is 2.17. The molecule has 0 spiro atoms. The molecule has 0 aliphatic rings. The molecular weight excluding hydrogens is 327 g/mol. The Hall–Kier alpha value is -1.02. The Kier molecular flexibility index (Phi) is 4.21. The Morgan fingerprint density at radius 3 is 2.47 bits per heavy atom. The molecule has 0 N–H and O–H groups in total. The monoisotopic (exact) mass is 342 g/mol. The smallest absolute Gasteiger partial charge is 0.338 e. The van der Waals surface area contributed by atoms with E-state index < -0.39 is 5.60 Å². The van der Waals surface area contributed by atoms with Crippen molar-refractivity contribution in [3.8, 4) is 12.3 Å². The number of halogens is 1. The normalized spacial score (nSPS) is 10.8. The number of terminal acetylenes is 1. The van der Waals surface area contributed by atoms with Gasteiger partial charge in [-0.05, 0) is 68.0 Å². The van der Waals surface area contributed by atoms with Crippen molar-refractivity contribution in [3.05, 3.63) is 32.4 Å². The number of hydrogen-bond donors (Lipinski definition) is 0. The summed E-state index contributed by atoms with van der Waals surface area (Å²) in [5, 5.41) is 0. The number of carbonyl (C=O) groups excluding carboxylic acids is 1. The lowest BCUT2D eigenvalue weighted by Crippen LogP contribution is -2.24. The first-order valence-electron chi connectivity index (χ1n) is 5.24. The molecule has 17 heavy (non-hydrogen) atoms. The third kappa shape index (κ3) is 3.74. The minimum atomic E-state index is -0.499. The van der Waals surface area contributed by atoms with Gasteiger partial charge in [0.25, 0.3) is 0 Å². The third-order valence-electron chi connectivity index (χ3n) is 2.13. The fraction of sp³-hybridized carbons (Fsp3) is 0.357. The van der Waals surface area contributed by atoms with Gasteiger partial charge in [-0.15, -0.1) is 6.42 Å². The molecular formula is C14H15IO2. The van der Waals surface area contributed by atoms with Crippen molar-refractivity contribution < 1.29 is 9.53 Å². The van der Waals surface area contributed by atoms with Crippen LogP contribution in [-0.4, -0.2) is 11.6 Å². The zero-order valence-corrected chi connectivity index (χ0v) is 12.6. The fourth-order valence-corrected chi connectivity index (χ4v) is 1.93. The van der Waals surface area contributed by atoms with Crippen LogP contribution in [0, 0.1) is 22.8 Å². The third-order valence-corrected chi connectivity index (χ3v) is 3.25. The Balaban J connectivity index is 3.18. The summed E-state index contributed by atoms with van der Waals surface area (Å²) in [5.74, 6) is 2.21. The van der Waals surface area contributed by atoms with Gasteiger partial charge in [0.05, 0.1) is 5.56 Å². The van der Waals surface area contributed by atoms with Crippen LogP contribution in [0.3, 0.4) is 0 Å². The first-order valence-corrected chi connectivity index (χ1v) is 6.32. The predicted octanol–water partition coefficient (Wildman–Crippen LogP) is 3.54. The maximum absolute atomic E-state index is 12.0. The van der Waals surface area contributed by atoms with Crippen molar-refractivity contribution in [1.29, 1.82) is 0 Å². The quantitative estimate of drug-likeness (QED) is 0.443. The average molecular weight is 342 g/mol. The summed E-state index contributed by atoms with van der Waals surface area (Å²) in [4.78, 5) is 12.0. The van der Waals surface area contributed by atoms with Gasteiger partial charge in [0.15, 0.2) is 0 Å². The zero-order valence-electron chi connectivity index (χ0n) is 10.4. The van der Waals surface area contributed by atoms with Crippen LogP contribution in [-0.2, 0) is 4.74 Å². The van der Waals surface area contributed by atoms with Crippen LogP contribution in [0.4, 0.5) is 0 Å². The molecule has 1 aromatic carbocycles. The molecule has 0 amide bonds.